The lowest BCUT2D eigenvalue weighted by Gasteiger charge is -2.28. The van der Waals surface area contributed by atoms with E-state index in [9.17, 15) is 8.78 Å². The van der Waals surface area contributed by atoms with Crippen molar-refractivity contribution in [2.75, 3.05) is 13.1 Å². The van der Waals surface area contributed by atoms with E-state index in [-0.39, 0.29) is 0 Å². The third-order valence-electron chi connectivity index (χ3n) is 3.87. The minimum atomic E-state index is -0.498. The van der Waals surface area contributed by atoms with E-state index in [0.717, 1.165) is 32.0 Å². The molecule has 1 aliphatic rings. The monoisotopic (exact) mass is 268 g/mol. The Morgan fingerprint density at radius 2 is 1.95 bits per heavy atom. The highest BCUT2D eigenvalue weighted by Crippen LogP contribution is 2.16. The van der Waals surface area contributed by atoms with Gasteiger partial charge in [-0.1, -0.05) is 6.92 Å². The summed E-state index contributed by atoms with van der Waals surface area (Å²) in [5, 5.41) is 3.51. The van der Waals surface area contributed by atoms with Gasteiger partial charge < -0.3 is 5.32 Å². The zero-order chi connectivity index (χ0) is 13.8. The summed E-state index contributed by atoms with van der Waals surface area (Å²) in [7, 11) is 0. The Bertz CT molecular complexity index is 402. The quantitative estimate of drug-likeness (QED) is 0.906. The van der Waals surface area contributed by atoms with Gasteiger partial charge in [0.15, 0.2) is 0 Å². The minimum Gasteiger partial charge on any atom is -0.313 e. The second-order valence-corrected chi connectivity index (χ2v) is 5.40. The molecule has 1 N–H and O–H groups in total. The van der Waals surface area contributed by atoms with E-state index in [1.54, 1.807) is 0 Å². The second kappa shape index (κ2) is 6.44. The van der Waals surface area contributed by atoms with E-state index in [2.05, 4.69) is 24.1 Å². The maximum Gasteiger partial charge on any atom is 0.126 e. The molecule has 2 nitrogen and oxygen atoms in total. The molecule has 1 saturated heterocycles. The van der Waals surface area contributed by atoms with E-state index in [1.165, 1.54) is 12.1 Å². The smallest absolute Gasteiger partial charge is 0.126 e. The molecule has 2 rings (SSSR count). The maximum atomic E-state index is 13.2. The van der Waals surface area contributed by atoms with Crippen molar-refractivity contribution in [3.63, 3.8) is 0 Å². The highest BCUT2D eigenvalue weighted by atomic mass is 19.1. The predicted octanol–water partition coefficient (Wildman–Crippen LogP) is 2.93. The number of halogens is 2. The lowest BCUT2D eigenvalue weighted by atomic mass is 10.1. The van der Waals surface area contributed by atoms with Gasteiger partial charge in [0.1, 0.15) is 11.6 Å². The molecule has 0 amide bonds. The first-order chi connectivity index (χ1) is 9.08. The summed E-state index contributed by atoms with van der Waals surface area (Å²) in [5.41, 5.74) is 0.709. The number of nitrogens with zero attached hydrogens (tertiary/aromatic N) is 1. The Kier molecular flexibility index (Phi) is 4.88. The van der Waals surface area contributed by atoms with Gasteiger partial charge >= 0.3 is 0 Å². The summed E-state index contributed by atoms with van der Waals surface area (Å²) in [5.74, 6) is -0.995. The lowest BCUT2D eigenvalue weighted by Crippen LogP contribution is -2.39. The number of nitrogens with one attached hydrogen (secondary N) is 1. The number of rotatable bonds is 3. The van der Waals surface area contributed by atoms with Crippen LogP contribution in [0.5, 0.6) is 0 Å². The van der Waals surface area contributed by atoms with Crippen molar-refractivity contribution in [3.8, 4) is 0 Å². The second-order valence-electron chi connectivity index (χ2n) is 5.40. The van der Waals surface area contributed by atoms with Gasteiger partial charge in [0.25, 0.3) is 0 Å². The van der Waals surface area contributed by atoms with Crippen LogP contribution in [0.4, 0.5) is 8.78 Å². The molecule has 2 atom stereocenters. The highest BCUT2D eigenvalue weighted by Gasteiger charge is 2.22. The van der Waals surface area contributed by atoms with E-state index in [4.69, 9.17) is 0 Å². The fourth-order valence-corrected chi connectivity index (χ4v) is 2.64. The van der Waals surface area contributed by atoms with Crippen LogP contribution in [0, 0.1) is 11.6 Å². The largest absolute Gasteiger partial charge is 0.313 e. The van der Waals surface area contributed by atoms with Crippen LogP contribution in [0.1, 0.15) is 32.3 Å². The van der Waals surface area contributed by atoms with Gasteiger partial charge in [-0.15, -0.1) is 0 Å². The van der Waals surface area contributed by atoms with Crippen LogP contribution in [0.3, 0.4) is 0 Å². The lowest BCUT2D eigenvalue weighted by molar-refractivity contribution is 0.194. The standard InChI is InChI=1S/C15H22F2N2/c1-3-15-10-19(11(2)4-5-18-15)9-12-6-13(16)8-14(17)7-12/h6-8,11,15,18H,3-5,9-10H2,1-2H3. The third kappa shape index (κ3) is 3.98. The number of benzene rings is 1. The van der Waals surface area contributed by atoms with E-state index < -0.39 is 11.6 Å². The van der Waals surface area contributed by atoms with Gasteiger partial charge in [0, 0.05) is 31.2 Å². The third-order valence-corrected chi connectivity index (χ3v) is 3.87. The summed E-state index contributed by atoms with van der Waals surface area (Å²) >= 11 is 0. The predicted molar refractivity (Wildman–Crippen MR) is 72.9 cm³/mol. The first kappa shape index (κ1) is 14.4. The first-order valence-corrected chi connectivity index (χ1v) is 7.01. The molecule has 2 unspecified atom stereocenters. The van der Waals surface area contributed by atoms with Crippen LogP contribution in [0.2, 0.25) is 0 Å². The molecule has 1 fully saturated rings. The Balaban J connectivity index is 2.10. The molecule has 19 heavy (non-hydrogen) atoms. The van der Waals surface area contributed by atoms with Crippen molar-refractivity contribution in [1.29, 1.82) is 0 Å². The van der Waals surface area contributed by atoms with E-state index in [1.807, 2.05) is 0 Å². The molecule has 4 heteroatoms. The van der Waals surface area contributed by atoms with Gasteiger partial charge in [-0.3, -0.25) is 4.90 Å². The van der Waals surface area contributed by atoms with E-state index >= 15 is 0 Å². The van der Waals surface area contributed by atoms with Gasteiger partial charge in [0.05, 0.1) is 0 Å². The molecule has 0 bridgehead atoms. The van der Waals surface area contributed by atoms with Crippen molar-refractivity contribution in [1.82, 2.24) is 10.2 Å². The molecule has 0 saturated carbocycles. The normalized spacial score (nSPS) is 25.3. The van der Waals surface area contributed by atoms with Crippen molar-refractivity contribution in [3.05, 3.63) is 35.4 Å². The molecule has 106 valence electrons. The molecule has 1 aromatic rings. The Hall–Kier alpha value is -1.00. The Morgan fingerprint density at radius 1 is 1.26 bits per heavy atom. The van der Waals surface area contributed by atoms with Crippen molar-refractivity contribution < 1.29 is 8.78 Å². The summed E-state index contributed by atoms with van der Waals surface area (Å²) in [6.45, 7) is 6.88. The van der Waals surface area contributed by atoms with Crippen LogP contribution in [0.15, 0.2) is 18.2 Å². The average Bonchev–Trinajstić information content (AvgIpc) is 2.51. The fraction of sp³-hybridized carbons (Fsp3) is 0.600. The van der Waals surface area contributed by atoms with Crippen LogP contribution in [-0.4, -0.2) is 30.1 Å². The van der Waals surface area contributed by atoms with Crippen LogP contribution in [0.25, 0.3) is 0 Å². The molecule has 0 spiro atoms. The number of hydrogen-bond donors (Lipinski definition) is 1. The van der Waals surface area contributed by atoms with Crippen LogP contribution >= 0.6 is 0 Å². The van der Waals surface area contributed by atoms with Crippen molar-refractivity contribution >= 4 is 0 Å². The zero-order valence-corrected chi connectivity index (χ0v) is 11.6. The minimum absolute atomic E-state index is 0.426. The molecule has 0 radical (unpaired) electrons. The first-order valence-electron chi connectivity index (χ1n) is 7.01. The topological polar surface area (TPSA) is 15.3 Å². The summed E-state index contributed by atoms with van der Waals surface area (Å²) < 4.78 is 26.5. The molecular formula is C15H22F2N2. The SMILES string of the molecule is CCC1CN(Cc2cc(F)cc(F)c2)C(C)CCN1. The summed E-state index contributed by atoms with van der Waals surface area (Å²) in [4.78, 5) is 2.31. The van der Waals surface area contributed by atoms with Crippen LogP contribution < -0.4 is 5.32 Å². The Morgan fingerprint density at radius 3 is 2.58 bits per heavy atom. The summed E-state index contributed by atoms with van der Waals surface area (Å²) in [6, 6.07) is 4.66. The average molecular weight is 268 g/mol. The maximum absolute atomic E-state index is 13.2. The van der Waals surface area contributed by atoms with Gasteiger partial charge in [0.2, 0.25) is 0 Å². The molecule has 0 aromatic heterocycles. The van der Waals surface area contributed by atoms with Gasteiger partial charge in [-0.05, 0) is 44.0 Å². The molecule has 0 aliphatic carbocycles. The zero-order valence-electron chi connectivity index (χ0n) is 11.6. The van der Waals surface area contributed by atoms with Gasteiger partial charge in [-0.2, -0.15) is 0 Å². The van der Waals surface area contributed by atoms with Crippen molar-refractivity contribution in [2.24, 2.45) is 0 Å². The van der Waals surface area contributed by atoms with Gasteiger partial charge in [-0.25, -0.2) is 8.78 Å². The molecule has 1 aliphatic heterocycles. The van der Waals surface area contributed by atoms with E-state index in [0.29, 0.717) is 24.2 Å². The molecular weight excluding hydrogens is 246 g/mol. The van der Waals surface area contributed by atoms with Crippen molar-refractivity contribution in [2.45, 2.75) is 45.3 Å². The number of hydrogen-bond acceptors (Lipinski definition) is 2. The van der Waals surface area contributed by atoms with Crippen LogP contribution in [-0.2, 0) is 6.54 Å². The summed E-state index contributed by atoms with van der Waals surface area (Å²) in [6.07, 6.45) is 2.13. The molecule has 1 heterocycles. The fourth-order valence-electron chi connectivity index (χ4n) is 2.64. The molecule has 1 aromatic carbocycles. The Labute approximate surface area is 113 Å². The highest BCUT2D eigenvalue weighted by molar-refractivity contribution is 5.18.